The molecule has 4 rings (SSSR count). The van der Waals surface area contributed by atoms with Gasteiger partial charge >= 0.3 is 5.97 Å². The minimum Gasteiger partial charge on any atom is -0.490 e. The predicted octanol–water partition coefficient (Wildman–Crippen LogP) is 5.32. The number of nitrogens with zero attached hydrogens (tertiary/aromatic N) is 1. The average Bonchev–Trinajstić information content (AvgIpc) is 3.09. The minimum atomic E-state index is -0.591. The van der Waals surface area contributed by atoms with Crippen LogP contribution < -0.4 is 9.47 Å². The zero-order chi connectivity index (χ0) is 26.6. The third kappa shape index (κ3) is 7.58. The van der Waals surface area contributed by atoms with Crippen molar-refractivity contribution in [2.75, 3.05) is 13.2 Å². The van der Waals surface area contributed by atoms with Gasteiger partial charge in [-0.2, -0.15) is 0 Å². The van der Waals surface area contributed by atoms with Gasteiger partial charge in [-0.25, -0.2) is 9.18 Å². The molecule has 2 bridgehead atoms. The molecule has 2 aliphatic heterocycles. The molecule has 2 aliphatic rings. The van der Waals surface area contributed by atoms with Crippen LogP contribution in [0.25, 0.3) is 0 Å². The van der Waals surface area contributed by atoms with E-state index in [0.29, 0.717) is 22.1 Å². The molecule has 200 valence electrons. The molecule has 2 unspecified atom stereocenters. The Hall–Kier alpha value is -2.84. The Balaban J connectivity index is 1.30. The van der Waals surface area contributed by atoms with E-state index in [4.69, 9.17) is 30.5 Å². The van der Waals surface area contributed by atoms with Crippen molar-refractivity contribution in [3.63, 3.8) is 0 Å². The lowest BCUT2D eigenvalue weighted by Crippen LogP contribution is -2.50. The molecule has 2 heterocycles. The first kappa shape index (κ1) is 27.2. The van der Waals surface area contributed by atoms with Gasteiger partial charge in [0.2, 0.25) is 0 Å². The third-order valence-corrected chi connectivity index (χ3v) is 6.60. The maximum Gasteiger partial charge on any atom is 0.332 e. The summed E-state index contributed by atoms with van der Waals surface area (Å²) >= 11 is 6.15. The van der Waals surface area contributed by atoms with Crippen LogP contribution in [0.3, 0.4) is 0 Å². The highest BCUT2D eigenvalue weighted by atomic mass is 35.5. The Morgan fingerprint density at radius 1 is 1.03 bits per heavy atom. The van der Waals surface area contributed by atoms with Crippen molar-refractivity contribution in [1.82, 2.24) is 4.90 Å². The Bertz CT molecular complexity index is 1090. The van der Waals surface area contributed by atoms with E-state index in [1.54, 1.807) is 51.1 Å². The zero-order valence-electron chi connectivity index (χ0n) is 21.4. The lowest BCUT2D eigenvalue weighted by atomic mass is 9.99. The molecule has 37 heavy (non-hydrogen) atoms. The molecular weight excluding hydrogens is 501 g/mol. The summed E-state index contributed by atoms with van der Waals surface area (Å²) in [5, 5.41) is 0.496. The summed E-state index contributed by atoms with van der Waals surface area (Å²) in [6.45, 7) is 5.13. The van der Waals surface area contributed by atoms with E-state index >= 15 is 0 Å². The number of esters is 1. The molecule has 2 aromatic rings. The average molecular weight is 534 g/mol. The fourth-order valence-corrected chi connectivity index (χ4v) is 5.16. The molecule has 2 aromatic carbocycles. The van der Waals surface area contributed by atoms with Gasteiger partial charge in [-0.1, -0.05) is 11.6 Å². The Morgan fingerprint density at radius 2 is 1.70 bits per heavy atom. The minimum absolute atomic E-state index is 0.0158. The van der Waals surface area contributed by atoms with E-state index in [2.05, 4.69) is 0 Å². The van der Waals surface area contributed by atoms with Gasteiger partial charge in [-0.15, -0.1) is 0 Å². The maximum atomic E-state index is 13.2. The Labute approximate surface area is 221 Å². The lowest BCUT2D eigenvalue weighted by Gasteiger charge is -2.38. The van der Waals surface area contributed by atoms with Crippen LogP contribution in [0.15, 0.2) is 42.5 Å². The van der Waals surface area contributed by atoms with Crippen LogP contribution >= 0.6 is 11.6 Å². The predicted molar refractivity (Wildman–Crippen MR) is 136 cm³/mol. The van der Waals surface area contributed by atoms with Crippen LogP contribution in [0, 0.1) is 5.82 Å². The number of benzene rings is 2. The molecule has 0 aliphatic carbocycles. The monoisotopic (exact) mass is 533 g/mol. The number of carbonyl (C=O) groups is 2. The highest BCUT2D eigenvalue weighted by Crippen LogP contribution is 2.37. The number of hydrogen-bond acceptors (Lipinski definition) is 6. The summed E-state index contributed by atoms with van der Waals surface area (Å²) in [4.78, 5) is 27.0. The molecule has 0 N–H and O–H groups in total. The van der Waals surface area contributed by atoms with Crippen molar-refractivity contribution in [2.24, 2.45) is 0 Å². The van der Waals surface area contributed by atoms with Gasteiger partial charge in [-0.05, 0) is 76.1 Å². The number of ether oxygens (including phenoxy) is 4. The van der Waals surface area contributed by atoms with Crippen molar-refractivity contribution in [3.8, 4) is 11.5 Å². The highest BCUT2D eigenvalue weighted by molar-refractivity contribution is 6.30. The normalized spacial score (nSPS) is 21.0. The first-order valence-corrected chi connectivity index (χ1v) is 12.9. The Kier molecular flexibility index (Phi) is 8.60. The fraction of sp³-hybridized carbons (Fsp3) is 0.500. The maximum absolute atomic E-state index is 13.2. The van der Waals surface area contributed by atoms with Gasteiger partial charge in [0.25, 0.3) is 5.91 Å². The SMILES string of the molecule is CC(C)(C)OC(=O)COCc1cc(Cl)ccc1OCC(=O)N1C2CCC1CC(Oc1ccc(F)cc1)C2. The number of halogens is 2. The van der Waals surface area contributed by atoms with E-state index in [1.807, 2.05) is 4.90 Å². The van der Waals surface area contributed by atoms with Crippen molar-refractivity contribution in [2.45, 2.75) is 76.9 Å². The Morgan fingerprint density at radius 3 is 2.35 bits per heavy atom. The molecule has 0 aromatic heterocycles. The largest absolute Gasteiger partial charge is 0.490 e. The molecule has 1 amide bonds. The fourth-order valence-electron chi connectivity index (χ4n) is 4.97. The van der Waals surface area contributed by atoms with Crippen LogP contribution in [-0.2, 0) is 25.7 Å². The molecule has 0 saturated carbocycles. The van der Waals surface area contributed by atoms with Crippen LogP contribution in [-0.4, -0.2) is 53.8 Å². The van der Waals surface area contributed by atoms with E-state index in [1.165, 1.54) is 12.1 Å². The van der Waals surface area contributed by atoms with Gasteiger partial charge in [-0.3, -0.25) is 4.79 Å². The second kappa shape index (κ2) is 11.7. The van der Waals surface area contributed by atoms with E-state index in [9.17, 15) is 14.0 Å². The van der Waals surface area contributed by atoms with E-state index < -0.39 is 11.6 Å². The third-order valence-electron chi connectivity index (χ3n) is 6.37. The summed E-state index contributed by atoms with van der Waals surface area (Å²) in [7, 11) is 0. The van der Waals surface area contributed by atoms with E-state index in [0.717, 1.165) is 25.7 Å². The van der Waals surface area contributed by atoms with Gasteiger partial charge in [0.05, 0.1) is 6.61 Å². The summed E-state index contributed by atoms with van der Waals surface area (Å²) < 4.78 is 35.9. The molecule has 2 fully saturated rings. The van der Waals surface area contributed by atoms with Crippen LogP contribution in [0.5, 0.6) is 11.5 Å². The van der Waals surface area contributed by atoms with Crippen molar-refractivity contribution in [3.05, 3.63) is 58.9 Å². The number of hydrogen-bond donors (Lipinski definition) is 0. The molecule has 0 radical (unpaired) electrons. The number of amides is 1. The van der Waals surface area contributed by atoms with Crippen molar-refractivity contribution in [1.29, 1.82) is 0 Å². The first-order valence-electron chi connectivity index (χ1n) is 12.5. The molecule has 2 saturated heterocycles. The summed E-state index contributed by atoms with van der Waals surface area (Å²) in [5.41, 5.74) is 0.0461. The van der Waals surface area contributed by atoms with Crippen LogP contribution in [0.4, 0.5) is 4.39 Å². The van der Waals surface area contributed by atoms with Gasteiger partial charge in [0.1, 0.15) is 35.6 Å². The highest BCUT2D eigenvalue weighted by Gasteiger charge is 2.44. The summed E-state index contributed by atoms with van der Waals surface area (Å²) in [5.74, 6) is 0.269. The van der Waals surface area contributed by atoms with Gasteiger partial charge in [0.15, 0.2) is 6.61 Å². The standard InChI is InChI=1S/C28H33ClFNO6/c1-28(2,3)37-27(33)17-34-15-18-12-19(29)4-11-25(18)35-16-26(32)31-21-7-8-22(31)14-24(13-21)36-23-9-5-20(30)6-10-23/h4-6,9-12,21-22,24H,7-8,13-17H2,1-3H3. The quantitative estimate of drug-likeness (QED) is 0.406. The molecule has 0 spiro atoms. The second-order valence-corrected chi connectivity index (χ2v) is 10.9. The van der Waals surface area contributed by atoms with Crippen LogP contribution in [0.1, 0.15) is 52.0 Å². The number of fused-ring (bicyclic) bond motifs is 2. The van der Waals surface area contributed by atoms with Gasteiger partial charge < -0.3 is 23.8 Å². The summed E-state index contributed by atoms with van der Waals surface area (Å²) in [6, 6.07) is 11.3. The summed E-state index contributed by atoms with van der Waals surface area (Å²) in [6.07, 6.45) is 3.28. The topological polar surface area (TPSA) is 74.3 Å². The molecule has 9 heteroatoms. The zero-order valence-corrected chi connectivity index (χ0v) is 22.1. The molecular formula is C28H33ClFNO6. The van der Waals surface area contributed by atoms with Crippen molar-refractivity contribution < 1.29 is 32.9 Å². The number of piperidine rings is 1. The van der Waals surface area contributed by atoms with E-state index in [-0.39, 0.29) is 49.7 Å². The smallest absolute Gasteiger partial charge is 0.332 e. The lowest BCUT2D eigenvalue weighted by molar-refractivity contribution is -0.160. The van der Waals surface area contributed by atoms with Gasteiger partial charge in [0, 0.05) is 35.5 Å². The second-order valence-electron chi connectivity index (χ2n) is 10.5. The number of rotatable bonds is 9. The van der Waals surface area contributed by atoms with Crippen molar-refractivity contribution >= 4 is 23.5 Å². The number of carbonyl (C=O) groups excluding carboxylic acids is 2. The molecule has 2 atom stereocenters. The molecule has 7 nitrogen and oxygen atoms in total. The first-order chi connectivity index (χ1) is 17.6. The van der Waals surface area contributed by atoms with Crippen LogP contribution in [0.2, 0.25) is 5.02 Å².